The van der Waals surface area contributed by atoms with Gasteiger partial charge < -0.3 is 4.90 Å². The molecule has 156 valence electrons. The number of carbonyl (C=O) groups excluding carboxylic acids is 2. The van der Waals surface area contributed by atoms with Crippen molar-refractivity contribution in [3.05, 3.63) is 94.1 Å². The van der Waals surface area contributed by atoms with Crippen LogP contribution in [0, 0.1) is 12.3 Å². The smallest absolute Gasteiger partial charge is 0.171 e. The monoisotopic (exact) mass is 409 g/mol. The summed E-state index contributed by atoms with van der Waals surface area (Å²) in [6, 6.07) is 18.9. The van der Waals surface area contributed by atoms with Crippen molar-refractivity contribution in [2.75, 3.05) is 4.90 Å². The Bertz CT molecular complexity index is 1230. The summed E-state index contributed by atoms with van der Waals surface area (Å²) in [5.74, 6) is -0.0646. The van der Waals surface area contributed by atoms with E-state index < -0.39 is 11.0 Å². The highest BCUT2D eigenvalue weighted by molar-refractivity contribution is 6.25. The molecule has 1 unspecified atom stereocenters. The van der Waals surface area contributed by atoms with Crippen molar-refractivity contribution in [1.82, 2.24) is 0 Å². The second-order valence-electron chi connectivity index (χ2n) is 9.58. The van der Waals surface area contributed by atoms with Crippen LogP contribution >= 0.6 is 0 Å². The number of nitrogens with zero attached hydrogens (tertiary/aromatic N) is 1. The molecule has 0 saturated carbocycles. The van der Waals surface area contributed by atoms with Crippen molar-refractivity contribution < 1.29 is 9.59 Å². The van der Waals surface area contributed by atoms with Crippen molar-refractivity contribution in [1.29, 1.82) is 0 Å². The summed E-state index contributed by atoms with van der Waals surface area (Å²) in [5.41, 5.74) is 6.86. The average molecular weight is 410 g/mol. The first-order chi connectivity index (χ1) is 14.7. The van der Waals surface area contributed by atoms with E-state index in [0.29, 0.717) is 11.1 Å². The quantitative estimate of drug-likeness (QED) is 0.588. The third-order valence-corrected chi connectivity index (χ3v) is 7.61. The molecule has 3 heteroatoms. The fourth-order valence-electron chi connectivity index (χ4n) is 5.74. The van der Waals surface area contributed by atoms with Gasteiger partial charge in [-0.3, -0.25) is 9.59 Å². The second kappa shape index (κ2) is 6.40. The number of hydrogen-bond acceptors (Lipinski definition) is 3. The number of carbonyl (C=O) groups is 2. The van der Waals surface area contributed by atoms with E-state index in [0.717, 1.165) is 28.1 Å². The van der Waals surface area contributed by atoms with Gasteiger partial charge in [0.2, 0.25) is 0 Å². The minimum absolute atomic E-state index is 0.00537. The predicted molar refractivity (Wildman–Crippen MR) is 125 cm³/mol. The van der Waals surface area contributed by atoms with Gasteiger partial charge in [0, 0.05) is 27.9 Å². The standard InChI is InChI=1S/C28H27NO2/c1-17-11-13-20(14-12-17)29-22(19-9-7-6-8-10-19)15-21-18(2)25-23(30)16-24(31)26(25)27(3,4)28(21,29)5/h6-15H,16H2,1-5H3. The number of allylic oxidation sites excluding steroid dienone is 2. The first kappa shape index (κ1) is 19.7. The molecule has 3 nitrogen and oxygen atoms in total. The van der Waals surface area contributed by atoms with E-state index in [-0.39, 0.29) is 18.0 Å². The Morgan fingerprint density at radius 3 is 2.13 bits per heavy atom. The number of Topliss-reactive ketones (excluding diaryl/α,β-unsaturated/α-hetero) is 2. The van der Waals surface area contributed by atoms with Crippen LogP contribution in [0.3, 0.4) is 0 Å². The molecule has 2 aliphatic carbocycles. The molecule has 2 aromatic rings. The fraction of sp³-hybridized carbons (Fsp3) is 0.286. The normalized spacial score (nSPS) is 24.5. The zero-order chi connectivity index (χ0) is 22.1. The van der Waals surface area contributed by atoms with Crippen molar-refractivity contribution in [3.8, 4) is 0 Å². The van der Waals surface area contributed by atoms with Crippen LogP contribution in [0.1, 0.15) is 45.2 Å². The maximum absolute atomic E-state index is 13.0. The average Bonchev–Trinajstić information content (AvgIpc) is 3.23. The molecule has 0 fully saturated rings. The number of aryl methyl sites for hydroxylation is 1. The van der Waals surface area contributed by atoms with Gasteiger partial charge in [-0.25, -0.2) is 0 Å². The molecule has 0 saturated heterocycles. The zero-order valence-corrected chi connectivity index (χ0v) is 18.7. The second-order valence-corrected chi connectivity index (χ2v) is 9.58. The molecule has 0 amide bonds. The highest BCUT2D eigenvalue weighted by Gasteiger charge is 2.60. The third kappa shape index (κ3) is 2.46. The van der Waals surface area contributed by atoms with Crippen molar-refractivity contribution in [2.45, 2.75) is 46.6 Å². The van der Waals surface area contributed by atoms with Crippen LogP contribution in [0.5, 0.6) is 0 Å². The number of anilines is 1. The van der Waals surface area contributed by atoms with Crippen LogP contribution in [-0.4, -0.2) is 17.1 Å². The molecule has 0 spiro atoms. The Kier molecular flexibility index (Phi) is 4.08. The van der Waals surface area contributed by atoms with Crippen molar-refractivity contribution in [2.24, 2.45) is 5.41 Å². The van der Waals surface area contributed by atoms with Gasteiger partial charge in [-0.05, 0) is 55.7 Å². The lowest BCUT2D eigenvalue weighted by molar-refractivity contribution is -0.121. The summed E-state index contributed by atoms with van der Waals surface area (Å²) < 4.78 is 0. The molecule has 0 bridgehead atoms. The van der Waals surface area contributed by atoms with Gasteiger partial charge in [0.25, 0.3) is 0 Å². The number of benzene rings is 2. The lowest BCUT2D eigenvalue weighted by Crippen LogP contribution is -2.57. The van der Waals surface area contributed by atoms with E-state index in [4.69, 9.17) is 0 Å². The summed E-state index contributed by atoms with van der Waals surface area (Å²) in [5, 5.41) is 0. The Labute approximate surface area is 183 Å². The van der Waals surface area contributed by atoms with Crippen LogP contribution in [0.25, 0.3) is 5.70 Å². The molecule has 0 radical (unpaired) electrons. The summed E-state index contributed by atoms with van der Waals surface area (Å²) >= 11 is 0. The molecule has 1 heterocycles. The topological polar surface area (TPSA) is 37.4 Å². The molecule has 5 rings (SSSR count). The highest BCUT2D eigenvalue weighted by Crippen LogP contribution is 2.61. The molecule has 3 aliphatic rings. The molecular formula is C28H27NO2. The molecule has 0 N–H and O–H groups in total. The van der Waals surface area contributed by atoms with Crippen molar-refractivity contribution >= 4 is 23.0 Å². The first-order valence-electron chi connectivity index (χ1n) is 10.8. The van der Waals surface area contributed by atoms with Crippen LogP contribution in [0.15, 0.2) is 83.0 Å². The summed E-state index contributed by atoms with van der Waals surface area (Å²) in [4.78, 5) is 28.2. The number of hydrogen-bond donors (Lipinski definition) is 0. The van der Waals surface area contributed by atoms with Crippen molar-refractivity contribution in [3.63, 3.8) is 0 Å². The highest BCUT2D eigenvalue weighted by atomic mass is 16.2. The summed E-state index contributed by atoms with van der Waals surface area (Å²) in [6.45, 7) is 10.6. The van der Waals surface area contributed by atoms with Crippen LogP contribution in [0.4, 0.5) is 5.69 Å². The van der Waals surface area contributed by atoms with Gasteiger partial charge in [0.1, 0.15) is 0 Å². The van der Waals surface area contributed by atoms with E-state index >= 15 is 0 Å². The fourth-order valence-corrected chi connectivity index (χ4v) is 5.74. The van der Waals surface area contributed by atoms with E-state index in [1.165, 1.54) is 5.56 Å². The number of ketones is 2. The molecule has 2 aromatic carbocycles. The minimum Gasteiger partial charge on any atom is -0.330 e. The molecule has 0 aromatic heterocycles. The van der Waals surface area contributed by atoms with Gasteiger partial charge >= 0.3 is 0 Å². The number of fused-ring (bicyclic) bond motifs is 1. The lowest BCUT2D eigenvalue weighted by Gasteiger charge is -2.53. The summed E-state index contributed by atoms with van der Waals surface area (Å²) in [7, 11) is 0. The Hall–Kier alpha value is -3.20. The minimum atomic E-state index is -0.543. The molecule has 1 atom stereocenters. The van der Waals surface area contributed by atoms with Gasteiger partial charge in [-0.1, -0.05) is 61.9 Å². The molecular weight excluding hydrogens is 382 g/mol. The van der Waals surface area contributed by atoms with E-state index in [2.05, 4.69) is 75.1 Å². The molecule has 31 heavy (non-hydrogen) atoms. The number of rotatable bonds is 2. The zero-order valence-electron chi connectivity index (χ0n) is 18.7. The van der Waals surface area contributed by atoms with E-state index in [9.17, 15) is 9.59 Å². The molecule has 1 aliphatic heterocycles. The Morgan fingerprint density at radius 2 is 1.48 bits per heavy atom. The van der Waals surface area contributed by atoms with Gasteiger partial charge in [-0.2, -0.15) is 0 Å². The van der Waals surface area contributed by atoms with Gasteiger partial charge in [-0.15, -0.1) is 0 Å². The largest absolute Gasteiger partial charge is 0.330 e. The Balaban J connectivity index is 1.84. The van der Waals surface area contributed by atoms with Crippen LogP contribution < -0.4 is 4.90 Å². The maximum atomic E-state index is 13.0. The third-order valence-electron chi connectivity index (χ3n) is 7.61. The maximum Gasteiger partial charge on any atom is 0.171 e. The van der Waals surface area contributed by atoms with E-state index in [1.807, 2.05) is 25.1 Å². The Morgan fingerprint density at radius 1 is 0.839 bits per heavy atom. The SMILES string of the molecule is CC1=C2C=C(c3ccccc3)N(c3ccc(C)cc3)C2(C)C(C)(C)C2=C1C(=O)CC2=O. The van der Waals surface area contributed by atoms with Gasteiger partial charge in [0.15, 0.2) is 11.6 Å². The predicted octanol–water partition coefficient (Wildman–Crippen LogP) is 5.81. The van der Waals surface area contributed by atoms with Gasteiger partial charge in [0.05, 0.1) is 12.0 Å². The van der Waals surface area contributed by atoms with Crippen LogP contribution in [-0.2, 0) is 9.59 Å². The van der Waals surface area contributed by atoms with Crippen LogP contribution in [0.2, 0.25) is 0 Å². The first-order valence-corrected chi connectivity index (χ1v) is 10.8. The van der Waals surface area contributed by atoms with E-state index in [1.54, 1.807) is 0 Å². The lowest BCUT2D eigenvalue weighted by atomic mass is 9.59. The summed E-state index contributed by atoms with van der Waals surface area (Å²) in [6.07, 6.45) is 2.22.